The zero-order valence-corrected chi connectivity index (χ0v) is 21.1. The van der Waals surface area contributed by atoms with E-state index in [1.54, 1.807) is 32.0 Å². The minimum absolute atomic E-state index is 0.273. The maximum Gasteiger partial charge on any atom is 0.287 e. The van der Waals surface area contributed by atoms with Crippen molar-refractivity contribution in [2.24, 2.45) is 0 Å². The summed E-state index contributed by atoms with van der Waals surface area (Å²) in [4.78, 5) is 14.4. The maximum absolute atomic E-state index is 13.2. The minimum Gasteiger partial charge on any atom is -0.497 e. The lowest BCUT2D eigenvalue weighted by molar-refractivity contribution is 0.0913. The van der Waals surface area contributed by atoms with Crippen LogP contribution in [0.5, 0.6) is 11.5 Å². The number of amides is 1. The van der Waals surface area contributed by atoms with Crippen LogP contribution in [0.4, 0.5) is 0 Å². The highest BCUT2D eigenvalue weighted by molar-refractivity contribution is 7.98. The average molecular weight is 488 g/mol. The van der Waals surface area contributed by atoms with E-state index in [1.165, 1.54) is 16.0 Å². The first kappa shape index (κ1) is 24.5. The zero-order valence-electron chi connectivity index (χ0n) is 20.3. The van der Waals surface area contributed by atoms with Crippen LogP contribution in [0.1, 0.15) is 44.6 Å². The normalized spacial score (nSPS) is 10.9. The van der Waals surface area contributed by atoms with Crippen molar-refractivity contribution in [1.29, 1.82) is 0 Å². The number of carbonyl (C=O) groups is 1. The Balaban J connectivity index is 1.52. The zero-order chi connectivity index (χ0) is 24.8. The molecule has 3 aromatic carbocycles. The van der Waals surface area contributed by atoms with Crippen LogP contribution in [0.15, 0.2) is 88.2 Å². The third kappa shape index (κ3) is 5.89. The molecule has 0 aliphatic carbocycles. The molecule has 35 heavy (non-hydrogen) atoms. The summed E-state index contributed by atoms with van der Waals surface area (Å²) in [6.45, 7) is 4.21. The summed E-state index contributed by atoms with van der Waals surface area (Å²) in [7, 11) is 3.26. The molecule has 180 valence electrons. The third-order valence-corrected chi connectivity index (χ3v) is 7.19. The Morgan fingerprint density at radius 2 is 1.37 bits per heavy atom. The number of benzene rings is 3. The lowest BCUT2D eigenvalue weighted by atomic mass is 9.98. The number of rotatable bonds is 9. The number of furan rings is 1. The fourth-order valence-electron chi connectivity index (χ4n) is 3.90. The first-order valence-electron chi connectivity index (χ1n) is 11.3. The highest BCUT2D eigenvalue weighted by atomic mass is 32.2. The second-order valence-corrected chi connectivity index (χ2v) is 9.21. The van der Waals surface area contributed by atoms with Crippen molar-refractivity contribution in [2.75, 3.05) is 14.2 Å². The van der Waals surface area contributed by atoms with Gasteiger partial charge in [0.15, 0.2) is 5.76 Å². The quantitative estimate of drug-likeness (QED) is 0.265. The molecule has 0 aliphatic heterocycles. The predicted octanol–water partition coefficient (Wildman–Crippen LogP) is 6.73. The van der Waals surface area contributed by atoms with Crippen LogP contribution in [0, 0.1) is 13.8 Å². The van der Waals surface area contributed by atoms with E-state index in [9.17, 15) is 4.79 Å². The largest absolute Gasteiger partial charge is 0.497 e. The van der Waals surface area contributed by atoms with Gasteiger partial charge in [-0.25, -0.2) is 0 Å². The Bertz CT molecular complexity index is 1210. The number of carbonyl (C=O) groups excluding carboxylic acids is 1. The Morgan fingerprint density at radius 3 is 1.89 bits per heavy atom. The second kappa shape index (κ2) is 11.2. The van der Waals surface area contributed by atoms with Gasteiger partial charge in [0.05, 0.1) is 26.0 Å². The van der Waals surface area contributed by atoms with E-state index in [2.05, 4.69) is 37.4 Å². The topological polar surface area (TPSA) is 60.7 Å². The molecule has 0 radical (unpaired) electrons. The van der Waals surface area contributed by atoms with E-state index in [4.69, 9.17) is 13.9 Å². The SMILES string of the molecule is COc1ccc(C(NC(=O)c2ccc(CSc3c(C)cccc3C)o2)c2ccc(OC)cc2)cc1. The number of thioether (sulfide) groups is 1. The number of hydrogen-bond donors (Lipinski definition) is 1. The summed E-state index contributed by atoms with van der Waals surface area (Å²) in [6, 6.07) is 24.8. The minimum atomic E-state index is -0.364. The molecule has 0 fully saturated rings. The molecule has 0 saturated heterocycles. The molecule has 5 nitrogen and oxygen atoms in total. The van der Waals surface area contributed by atoms with Gasteiger partial charge in [-0.15, -0.1) is 11.8 Å². The van der Waals surface area contributed by atoms with Crippen LogP contribution in [-0.2, 0) is 5.75 Å². The van der Waals surface area contributed by atoms with Crippen molar-refractivity contribution >= 4 is 17.7 Å². The fraction of sp³-hybridized carbons (Fsp3) is 0.207. The summed E-state index contributed by atoms with van der Waals surface area (Å²) < 4.78 is 16.5. The molecule has 1 amide bonds. The molecule has 0 saturated carbocycles. The third-order valence-electron chi connectivity index (χ3n) is 5.83. The molecule has 1 aromatic heterocycles. The molecule has 1 N–H and O–H groups in total. The Morgan fingerprint density at radius 1 is 0.829 bits per heavy atom. The standard InChI is InChI=1S/C29H29NO4S/c1-19-6-5-7-20(2)28(19)35-18-25-16-17-26(34-25)29(31)30-27(21-8-12-23(32-3)13-9-21)22-10-14-24(33-4)15-11-22/h5-17,27H,18H2,1-4H3,(H,30,31). The van der Waals surface area contributed by atoms with Crippen molar-refractivity contribution in [2.45, 2.75) is 30.5 Å². The van der Waals surface area contributed by atoms with Crippen LogP contribution >= 0.6 is 11.8 Å². The first-order valence-corrected chi connectivity index (χ1v) is 12.3. The number of nitrogens with one attached hydrogen (secondary N) is 1. The fourth-order valence-corrected chi connectivity index (χ4v) is 4.93. The van der Waals surface area contributed by atoms with Crippen molar-refractivity contribution in [1.82, 2.24) is 5.32 Å². The van der Waals surface area contributed by atoms with Crippen molar-refractivity contribution in [3.63, 3.8) is 0 Å². The molecular weight excluding hydrogens is 458 g/mol. The molecule has 1 heterocycles. The molecule has 4 aromatic rings. The Kier molecular flexibility index (Phi) is 7.83. The van der Waals surface area contributed by atoms with Gasteiger partial charge in [-0.1, -0.05) is 42.5 Å². The number of methoxy groups -OCH3 is 2. The van der Waals surface area contributed by atoms with E-state index >= 15 is 0 Å². The molecule has 4 rings (SSSR count). The van der Waals surface area contributed by atoms with Gasteiger partial charge in [0.25, 0.3) is 5.91 Å². The van der Waals surface area contributed by atoms with Crippen LogP contribution in [0.2, 0.25) is 0 Å². The average Bonchev–Trinajstić information content (AvgIpc) is 3.36. The van der Waals surface area contributed by atoms with E-state index < -0.39 is 0 Å². The monoisotopic (exact) mass is 487 g/mol. The van der Waals surface area contributed by atoms with Gasteiger partial charge in [0.2, 0.25) is 0 Å². The van der Waals surface area contributed by atoms with E-state index in [0.29, 0.717) is 5.75 Å². The van der Waals surface area contributed by atoms with Gasteiger partial charge in [-0.05, 0) is 72.5 Å². The summed E-state index contributed by atoms with van der Waals surface area (Å²) in [5.41, 5.74) is 4.34. The summed E-state index contributed by atoms with van der Waals surface area (Å²) in [6.07, 6.45) is 0. The molecule has 0 bridgehead atoms. The number of hydrogen-bond acceptors (Lipinski definition) is 5. The van der Waals surface area contributed by atoms with E-state index in [0.717, 1.165) is 28.4 Å². The highest BCUT2D eigenvalue weighted by Gasteiger charge is 2.20. The van der Waals surface area contributed by atoms with E-state index in [1.807, 2.05) is 54.6 Å². The van der Waals surface area contributed by atoms with E-state index in [-0.39, 0.29) is 17.7 Å². The van der Waals surface area contributed by atoms with Crippen LogP contribution < -0.4 is 14.8 Å². The molecule has 6 heteroatoms. The highest BCUT2D eigenvalue weighted by Crippen LogP contribution is 2.30. The molecule has 0 spiro atoms. The van der Waals surface area contributed by atoms with Crippen LogP contribution in [0.25, 0.3) is 0 Å². The summed E-state index contributed by atoms with van der Waals surface area (Å²) in [5, 5.41) is 3.13. The number of aryl methyl sites for hydroxylation is 2. The Labute approximate surface area is 210 Å². The molecule has 0 atom stereocenters. The van der Waals surface area contributed by atoms with Gasteiger partial charge < -0.3 is 19.2 Å². The lowest BCUT2D eigenvalue weighted by Crippen LogP contribution is -2.29. The van der Waals surface area contributed by atoms with Crippen molar-refractivity contribution in [3.05, 3.63) is 113 Å². The maximum atomic E-state index is 13.2. The van der Waals surface area contributed by atoms with Gasteiger partial charge in [-0.2, -0.15) is 0 Å². The predicted molar refractivity (Wildman–Crippen MR) is 139 cm³/mol. The Hall–Kier alpha value is -3.64. The van der Waals surface area contributed by atoms with Gasteiger partial charge >= 0.3 is 0 Å². The second-order valence-electron chi connectivity index (χ2n) is 8.23. The van der Waals surface area contributed by atoms with Crippen molar-refractivity contribution < 1.29 is 18.7 Å². The number of ether oxygens (including phenoxy) is 2. The van der Waals surface area contributed by atoms with Crippen LogP contribution in [-0.4, -0.2) is 20.1 Å². The molecule has 0 unspecified atom stereocenters. The molecule has 0 aliphatic rings. The summed E-state index contributed by atoms with van der Waals surface area (Å²) >= 11 is 1.72. The van der Waals surface area contributed by atoms with Crippen LogP contribution in [0.3, 0.4) is 0 Å². The van der Waals surface area contributed by atoms with Gasteiger partial charge in [-0.3, -0.25) is 4.79 Å². The van der Waals surface area contributed by atoms with Gasteiger partial charge in [0.1, 0.15) is 17.3 Å². The lowest BCUT2D eigenvalue weighted by Gasteiger charge is -2.20. The van der Waals surface area contributed by atoms with Gasteiger partial charge in [0, 0.05) is 4.90 Å². The first-order chi connectivity index (χ1) is 17.0. The van der Waals surface area contributed by atoms with Crippen molar-refractivity contribution in [3.8, 4) is 11.5 Å². The molecular formula is C29H29NO4S. The smallest absolute Gasteiger partial charge is 0.287 e. The summed E-state index contributed by atoms with van der Waals surface area (Å²) in [5.74, 6) is 2.93.